The molecule has 2 nitrogen and oxygen atoms in total. The predicted octanol–water partition coefficient (Wildman–Crippen LogP) is 4.05. The molecule has 0 fully saturated rings. The van der Waals surface area contributed by atoms with Gasteiger partial charge in [-0.3, -0.25) is 0 Å². The van der Waals surface area contributed by atoms with Crippen molar-refractivity contribution in [2.24, 2.45) is 5.73 Å². The Kier molecular flexibility index (Phi) is 4.64. The van der Waals surface area contributed by atoms with Gasteiger partial charge in [-0.15, -0.1) is 11.8 Å². The average Bonchev–Trinajstić information content (AvgIpc) is 2.38. The van der Waals surface area contributed by atoms with Gasteiger partial charge in [-0.2, -0.15) is 0 Å². The van der Waals surface area contributed by atoms with Crippen LogP contribution in [-0.4, -0.2) is 4.98 Å². The molecule has 0 amide bonds. The van der Waals surface area contributed by atoms with E-state index in [1.165, 1.54) is 5.56 Å². The van der Waals surface area contributed by atoms with Crippen LogP contribution in [0.2, 0.25) is 5.02 Å². The van der Waals surface area contributed by atoms with Crippen molar-refractivity contribution in [1.82, 2.24) is 4.98 Å². The van der Waals surface area contributed by atoms with E-state index in [4.69, 9.17) is 17.3 Å². The van der Waals surface area contributed by atoms with E-state index in [0.717, 1.165) is 21.4 Å². The third-order valence-corrected chi connectivity index (χ3v) is 3.92. The number of pyridine rings is 1. The highest BCUT2D eigenvalue weighted by atomic mass is 35.5. The summed E-state index contributed by atoms with van der Waals surface area (Å²) in [6.07, 6.45) is 1.80. The summed E-state index contributed by atoms with van der Waals surface area (Å²) in [5.41, 5.74) is 8.25. The first kappa shape index (κ1) is 13.4. The van der Waals surface area contributed by atoms with Gasteiger partial charge in [-0.05, 0) is 30.7 Å². The summed E-state index contributed by atoms with van der Waals surface area (Å²) >= 11 is 7.56. The molecule has 0 aliphatic heterocycles. The van der Waals surface area contributed by atoms with Crippen LogP contribution in [0.3, 0.4) is 0 Å². The Hall–Kier alpha value is -1.03. The highest BCUT2D eigenvalue weighted by molar-refractivity contribution is 7.98. The van der Waals surface area contributed by atoms with Gasteiger partial charge in [-0.1, -0.05) is 29.8 Å². The van der Waals surface area contributed by atoms with Crippen molar-refractivity contribution in [3.63, 3.8) is 0 Å². The lowest BCUT2D eigenvalue weighted by molar-refractivity contribution is 0.779. The highest BCUT2D eigenvalue weighted by Gasteiger charge is 2.08. The van der Waals surface area contributed by atoms with E-state index in [0.29, 0.717) is 0 Å². The Morgan fingerprint density at radius 3 is 2.67 bits per heavy atom. The lowest BCUT2D eigenvalue weighted by Crippen LogP contribution is -2.07. The van der Waals surface area contributed by atoms with E-state index < -0.39 is 0 Å². The highest BCUT2D eigenvalue weighted by Crippen LogP contribution is 2.27. The molecule has 1 heterocycles. The fourth-order valence-electron chi connectivity index (χ4n) is 1.60. The van der Waals surface area contributed by atoms with Crippen molar-refractivity contribution in [2.45, 2.75) is 23.7 Å². The maximum absolute atomic E-state index is 5.93. The van der Waals surface area contributed by atoms with E-state index in [9.17, 15) is 0 Å². The van der Waals surface area contributed by atoms with Gasteiger partial charge in [0.05, 0.1) is 0 Å². The molecular formula is C14H15ClN2S. The van der Waals surface area contributed by atoms with Crippen LogP contribution in [0.1, 0.15) is 24.1 Å². The molecule has 0 bridgehead atoms. The van der Waals surface area contributed by atoms with Crippen molar-refractivity contribution in [3.05, 3.63) is 58.7 Å². The van der Waals surface area contributed by atoms with Crippen molar-refractivity contribution < 1.29 is 0 Å². The molecule has 1 aromatic carbocycles. The molecule has 0 spiro atoms. The largest absolute Gasteiger partial charge is 0.324 e. The molecule has 1 atom stereocenters. The predicted molar refractivity (Wildman–Crippen MR) is 77.9 cm³/mol. The van der Waals surface area contributed by atoms with Gasteiger partial charge >= 0.3 is 0 Å². The van der Waals surface area contributed by atoms with Gasteiger partial charge in [0, 0.05) is 28.6 Å². The SMILES string of the molecule is C[C@H](N)c1cccnc1SCc1ccc(Cl)cc1. The van der Waals surface area contributed by atoms with Crippen molar-refractivity contribution in [1.29, 1.82) is 0 Å². The third kappa shape index (κ3) is 3.48. The second kappa shape index (κ2) is 6.23. The van der Waals surface area contributed by atoms with E-state index in [-0.39, 0.29) is 6.04 Å². The molecule has 0 saturated heterocycles. The quantitative estimate of drug-likeness (QED) is 0.858. The maximum atomic E-state index is 5.93. The molecule has 18 heavy (non-hydrogen) atoms. The molecule has 0 unspecified atom stereocenters. The minimum Gasteiger partial charge on any atom is -0.324 e. The number of thioether (sulfide) groups is 1. The molecule has 0 radical (unpaired) electrons. The van der Waals surface area contributed by atoms with Gasteiger partial charge in [0.15, 0.2) is 0 Å². The van der Waals surface area contributed by atoms with Gasteiger partial charge in [0.25, 0.3) is 0 Å². The lowest BCUT2D eigenvalue weighted by atomic mass is 10.2. The molecule has 2 aromatic rings. The second-order valence-electron chi connectivity index (χ2n) is 4.10. The normalized spacial score (nSPS) is 12.4. The Balaban J connectivity index is 2.08. The van der Waals surface area contributed by atoms with Crippen LogP contribution in [0.4, 0.5) is 0 Å². The van der Waals surface area contributed by atoms with Crippen LogP contribution in [0.5, 0.6) is 0 Å². The summed E-state index contributed by atoms with van der Waals surface area (Å²) in [5, 5.41) is 1.76. The summed E-state index contributed by atoms with van der Waals surface area (Å²) < 4.78 is 0. The molecule has 4 heteroatoms. The topological polar surface area (TPSA) is 38.9 Å². The summed E-state index contributed by atoms with van der Waals surface area (Å²) in [5.74, 6) is 0.869. The first-order chi connectivity index (χ1) is 8.66. The molecule has 1 aromatic heterocycles. The number of halogens is 1. The maximum Gasteiger partial charge on any atom is 0.101 e. The Morgan fingerprint density at radius 1 is 1.28 bits per heavy atom. The number of rotatable bonds is 4. The van der Waals surface area contributed by atoms with Crippen molar-refractivity contribution >= 4 is 23.4 Å². The molecule has 94 valence electrons. The second-order valence-corrected chi connectivity index (χ2v) is 5.50. The van der Waals surface area contributed by atoms with Crippen LogP contribution < -0.4 is 5.73 Å². The Morgan fingerprint density at radius 2 is 2.00 bits per heavy atom. The fraction of sp³-hybridized carbons (Fsp3) is 0.214. The summed E-state index contributed by atoms with van der Waals surface area (Å²) in [4.78, 5) is 4.39. The van der Waals surface area contributed by atoms with Crippen LogP contribution >= 0.6 is 23.4 Å². The minimum absolute atomic E-state index is 0.00594. The van der Waals surface area contributed by atoms with E-state index in [2.05, 4.69) is 4.98 Å². The Labute approximate surface area is 117 Å². The number of hydrogen-bond donors (Lipinski definition) is 1. The van der Waals surface area contributed by atoms with Crippen LogP contribution in [0.15, 0.2) is 47.6 Å². The summed E-state index contributed by atoms with van der Waals surface area (Å²) in [6, 6.07) is 11.8. The van der Waals surface area contributed by atoms with E-state index in [1.54, 1.807) is 18.0 Å². The number of aromatic nitrogens is 1. The van der Waals surface area contributed by atoms with Crippen LogP contribution in [-0.2, 0) is 5.75 Å². The summed E-state index contributed by atoms with van der Waals surface area (Å²) in [6.45, 7) is 1.98. The number of hydrogen-bond acceptors (Lipinski definition) is 3. The van der Waals surface area contributed by atoms with Gasteiger partial charge in [-0.25, -0.2) is 4.98 Å². The third-order valence-electron chi connectivity index (χ3n) is 2.58. The van der Waals surface area contributed by atoms with Gasteiger partial charge < -0.3 is 5.73 Å². The lowest BCUT2D eigenvalue weighted by Gasteiger charge is -2.10. The molecule has 0 aliphatic rings. The first-order valence-electron chi connectivity index (χ1n) is 5.74. The standard InChI is InChI=1S/C14H15ClN2S/c1-10(16)13-3-2-8-17-14(13)18-9-11-4-6-12(15)7-5-11/h2-8,10H,9,16H2,1H3/t10-/m0/s1. The molecule has 2 rings (SSSR count). The zero-order valence-corrected chi connectivity index (χ0v) is 11.7. The number of nitrogens with zero attached hydrogens (tertiary/aromatic N) is 1. The number of benzene rings is 1. The first-order valence-corrected chi connectivity index (χ1v) is 7.11. The smallest absolute Gasteiger partial charge is 0.101 e. The van der Waals surface area contributed by atoms with E-state index in [1.807, 2.05) is 43.3 Å². The van der Waals surface area contributed by atoms with Crippen molar-refractivity contribution in [3.8, 4) is 0 Å². The zero-order chi connectivity index (χ0) is 13.0. The fourth-order valence-corrected chi connectivity index (χ4v) is 2.78. The number of nitrogens with two attached hydrogens (primary N) is 1. The monoisotopic (exact) mass is 278 g/mol. The van der Waals surface area contributed by atoms with Crippen molar-refractivity contribution in [2.75, 3.05) is 0 Å². The van der Waals surface area contributed by atoms with Gasteiger partial charge in [0.2, 0.25) is 0 Å². The van der Waals surface area contributed by atoms with E-state index >= 15 is 0 Å². The van der Waals surface area contributed by atoms with Gasteiger partial charge in [0.1, 0.15) is 5.03 Å². The zero-order valence-electron chi connectivity index (χ0n) is 10.1. The average molecular weight is 279 g/mol. The molecule has 2 N–H and O–H groups in total. The minimum atomic E-state index is 0.00594. The molecule has 0 aliphatic carbocycles. The molecular weight excluding hydrogens is 264 g/mol. The summed E-state index contributed by atoms with van der Waals surface area (Å²) in [7, 11) is 0. The molecule has 0 saturated carbocycles. The Bertz CT molecular complexity index is 511. The van der Waals surface area contributed by atoms with Crippen LogP contribution in [0, 0.1) is 0 Å². The van der Waals surface area contributed by atoms with Crippen LogP contribution in [0.25, 0.3) is 0 Å².